The Hall–Kier alpha value is -2.13. The third kappa shape index (κ3) is 2.93. The van der Waals surface area contributed by atoms with Crippen molar-refractivity contribution in [3.05, 3.63) is 27.9 Å². The van der Waals surface area contributed by atoms with Crippen molar-refractivity contribution in [2.45, 2.75) is 0 Å². The summed E-state index contributed by atoms with van der Waals surface area (Å²) < 4.78 is 4.88. The van der Waals surface area contributed by atoms with Gasteiger partial charge in [0.05, 0.1) is 18.6 Å². The molecule has 0 aliphatic carbocycles. The van der Waals surface area contributed by atoms with E-state index in [-0.39, 0.29) is 11.4 Å². The van der Waals surface area contributed by atoms with Gasteiger partial charge in [-0.3, -0.25) is 10.1 Å². The van der Waals surface area contributed by atoms with Crippen LogP contribution < -0.4 is 10.1 Å². The zero-order chi connectivity index (χ0) is 12.0. The number of nitrogens with zero attached hydrogens (tertiary/aromatic N) is 2. The zero-order valence-corrected chi connectivity index (χ0v) is 8.98. The molecule has 1 aromatic heterocycles. The van der Waals surface area contributed by atoms with Crippen molar-refractivity contribution >= 4 is 5.69 Å². The first kappa shape index (κ1) is 11.9. The van der Waals surface area contributed by atoms with Crippen LogP contribution in [0, 0.1) is 22.0 Å². The van der Waals surface area contributed by atoms with E-state index in [0.29, 0.717) is 12.4 Å². The van der Waals surface area contributed by atoms with E-state index in [4.69, 9.17) is 4.74 Å². The molecule has 6 heteroatoms. The molecule has 0 atom stereocenters. The van der Waals surface area contributed by atoms with Crippen LogP contribution in [0.1, 0.15) is 5.69 Å². The Kier molecular flexibility index (Phi) is 4.24. The molecular weight excluding hydrogens is 210 g/mol. The minimum absolute atomic E-state index is 0.111. The molecule has 0 radical (unpaired) electrons. The minimum Gasteiger partial charge on any atom is -0.481 e. The lowest BCUT2D eigenvalue weighted by molar-refractivity contribution is -0.385. The van der Waals surface area contributed by atoms with Gasteiger partial charge in [-0.1, -0.05) is 5.92 Å². The summed E-state index contributed by atoms with van der Waals surface area (Å²) in [5, 5.41) is 13.5. The summed E-state index contributed by atoms with van der Waals surface area (Å²) in [4.78, 5) is 14.1. The first-order valence-corrected chi connectivity index (χ1v) is 4.52. The van der Waals surface area contributed by atoms with Crippen molar-refractivity contribution in [1.29, 1.82) is 0 Å². The van der Waals surface area contributed by atoms with Crippen LogP contribution in [0.25, 0.3) is 0 Å². The molecule has 1 N–H and O–H groups in total. The molecule has 6 nitrogen and oxygen atoms in total. The number of hydrogen-bond acceptors (Lipinski definition) is 5. The van der Waals surface area contributed by atoms with E-state index >= 15 is 0 Å². The maximum atomic E-state index is 10.7. The number of methoxy groups -OCH3 is 1. The summed E-state index contributed by atoms with van der Waals surface area (Å²) in [5.41, 5.74) is -0.0102. The molecule has 0 fully saturated rings. The van der Waals surface area contributed by atoms with Gasteiger partial charge in [-0.05, 0) is 13.0 Å². The molecule has 1 rings (SSSR count). The second-order valence-corrected chi connectivity index (χ2v) is 2.81. The molecule has 0 saturated heterocycles. The quantitative estimate of drug-likeness (QED) is 0.458. The monoisotopic (exact) mass is 221 g/mol. The molecule has 0 aromatic carbocycles. The number of nitrogens with one attached hydrogen (secondary N) is 1. The van der Waals surface area contributed by atoms with Gasteiger partial charge in [0.1, 0.15) is 0 Å². The van der Waals surface area contributed by atoms with Gasteiger partial charge in [0.25, 0.3) is 0 Å². The fourth-order valence-corrected chi connectivity index (χ4v) is 1.00. The molecule has 0 saturated carbocycles. The zero-order valence-electron chi connectivity index (χ0n) is 8.98. The number of ether oxygens (including phenoxy) is 1. The van der Waals surface area contributed by atoms with Crippen LogP contribution in [0.3, 0.4) is 0 Å². The van der Waals surface area contributed by atoms with Gasteiger partial charge < -0.3 is 10.1 Å². The molecule has 0 spiro atoms. The van der Waals surface area contributed by atoms with Crippen molar-refractivity contribution < 1.29 is 9.66 Å². The van der Waals surface area contributed by atoms with Crippen molar-refractivity contribution in [2.75, 3.05) is 20.7 Å². The average Bonchev–Trinajstić information content (AvgIpc) is 2.29. The van der Waals surface area contributed by atoms with Gasteiger partial charge in [0.2, 0.25) is 5.88 Å². The maximum absolute atomic E-state index is 10.7. The van der Waals surface area contributed by atoms with Gasteiger partial charge in [0, 0.05) is 12.1 Å². The summed E-state index contributed by atoms with van der Waals surface area (Å²) in [7, 11) is 3.18. The van der Waals surface area contributed by atoms with E-state index in [2.05, 4.69) is 22.1 Å². The summed E-state index contributed by atoms with van der Waals surface area (Å²) >= 11 is 0. The number of aromatic nitrogens is 1. The van der Waals surface area contributed by atoms with Crippen LogP contribution in [-0.2, 0) is 0 Å². The minimum atomic E-state index is -0.518. The van der Waals surface area contributed by atoms with Crippen LogP contribution in [0.5, 0.6) is 5.88 Å². The van der Waals surface area contributed by atoms with Gasteiger partial charge in [-0.15, -0.1) is 0 Å². The Bertz CT molecular complexity index is 448. The Balaban J connectivity index is 3.11. The van der Waals surface area contributed by atoms with Gasteiger partial charge in [0.15, 0.2) is 5.69 Å². The SMILES string of the molecule is CNCC#Cc1nc(OC)ccc1[N+](=O)[O-]. The number of pyridine rings is 1. The van der Waals surface area contributed by atoms with Gasteiger partial charge >= 0.3 is 5.69 Å². The van der Waals surface area contributed by atoms with Gasteiger partial charge in [-0.2, -0.15) is 4.98 Å². The molecule has 0 aliphatic heterocycles. The Morgan fingerprint density at radius 2 is 2.38 bits per heavy atom. The van der Waals surface area contributed by atoms with E-state index in [1.807, 2.05) is 0 Å². The molecule has 0 amide bonds. The lowest BCUT2D eigenvalue weighted by atomic mass is 10.3. The largest absolute Gasteiger partial charge is 0.481 e. The maximum Gasteiger partial charge on any atom is 0.303 e. The summed E-state index contributed by atoms with van der Waals surface area (Å²) in [6.45, 7) is 0.441. The first-order chi connectivity index (χ1) is 7.69. The standard InChI is InChI=1S/C10H11N3O3/c1-11-7-3-4-8-9(13(14)15)5-6-10(12-8)16-2/h5-6,11H,7H2,1-2H3. The summed E-state index contributed by atoms with van der Waals surface area (Å²) in [5.74, 6) is 5.64. The van der Waals surface area contributed by atoms with Crippen LogP contribution >= 0.6 is 0 Å². The number of hydrogen-bond donors (Lipinski definition) is 1. The van der Waals surface area contributed by atoms with Crippen molar-refractivity contribution in [2.24, 2.45) is 0 Å². The van der Waals surface area contributed by atoms with E-state index in [0.717, 1.165) is 0 Å². The topological polar surface area (TPSA) is 77.3 Å². The number of nitro groups is 1. The number of rotatable bonds is 3. The third-order valence-corrected chi connectivity index (χ3v) is 1.73. The van der Waals surface area contributed by atoms with Gasteiger partial charge in [-0.25, -0.2) is 0 Å². The third-order valence-electron chi connectivity index (χ3n) is 1.73. The fraction of sp³-hybridized carbons (Fsp3) is 0.300. The highest BCUT2D eigenvalue weighted by molar-refractivity contribution is 5.47. The summed E-state index contributed by atoms with van der Waals surface area (Å²) in [6, 6.07) is 2.76. The Morgan fingerprint density at radius 1 is 1.62 bits per heavy atom. The molecule has 0 unspecified atom stereocenters. The predicted octanol–water partition coefficient (Wildman–Crippen LogP) is 0.569. The highest BCUT2D eigenvalue weighted by Gasteiger charge is 2.14. The predicted molar refractivity (Wildman–Crippen MR) is 58.2 cm³/mol. The lowest BCUT2D eigenvalue weighted by Crippen LogP contribution is -2.05. The highest BCUT2D eigenvalue weighted by atomic mass is 16.6. The van der Waals surface area contributed by atoms with E-state index in [1.54, 1.807) is 7.05 Å². The second-order valence-electron chi connectivity index (χ2n) is 2.81. The summed E-state index contributed by atoms with van der Waals surface area (Å²) in [6.07, 6.45) is 0. The van der Waals surface area contributed by atoms with Crippen LogP contribution in [0.15, 0.2) is 12.1 Å². The van der Waals surface area contributed by atoms with Crippen LogP contribution in [0.2, 0.25) is 0 Å². The van der Waals surface area contributed by atoms with E-state index in [1.165, 1.54) is 19.2 Å². The lowest BCUT2D eigenvalue weighted by Gasteiger charge is -1.99. The Labute approximate surface area is 92.8 Å². The van der Waals surface area contributed by atoms with Crippen LogP contribution in [0.4, 0.5) is 5.69 Å². The smallest absolute Gasteiger partial charge is 0.303 e. The molecule has 0 bridgehead atoms. The van der Waals surface area contributed by atoms with E-state index < -0.39 is 4.92 Å². The van der Waals surface area contributed by atoms with Crippen molar-refractivity contribution in [1.82, 2.24) is 10.3 Å². The van der Waals surface area contributed by atoms with Crippen molar-refractivity contribution in [3.8, 4) is 17.7 Å². The molecule has 84 valence electrons. The fourth-order valence-electron chi connectivity index (χ4n) is 1.00. The first-order valence-electron chi connectivity index (χ1n) is 4.52. The normalized spacial score (nSPS) is 9.12. The average molecular weight is 221 g/mol. The molecular formula is C10H11N3O3. The Morgan fingerprint density at radius 3 is 2.94 bits per heavy atom. The van der Waals surface area contributed by atoms with Crippen molar-refractivity contribution in [3.63, 3.8) is 0 Å². The molecule has 0 aliphatic rings. The van der Waals surface area contributed by atoms with Crippen LogP contribution in [-0.4, -0.2) is 30.6 Å². The highest BCUT2D eigenvalue weighted by Crippen LogP contribution is 2.18. The van der Waals surface area contributed by atoms with E-state index in [9.17, 15) is 10.1 Å². The molecule has 1 aromatic rings. The molecule has 1 heterocycles. The second kappa shape index (κ2) is 5.68. The molecule has 16 heavy (non-hydrogen) atoms.